The molecule has 0 saturated heterocycles. The van der Waals surface area contributed by atoms with E-state index in [4.69, 9.17) is 5.11 Å². The number of aliphatic hydroxyl groups excluding tert-OH is 1. The van der Waals surface area contributed by atoms with E-state index in [2.05, 4.69) is 23.5 Å². The number of carbonyl (C=O) groups is 1. The molecule has 0 spiro atoms. The van der Waals surface area contributed by atoms with Gasteiger partial charge in [-0.15, -0.1) is 0 Å². The highest BCUT2D eigenvalue weighted by Crippen LogP contribution is 2.05. The number of ether oxygens (including phenoxy) is 1. The maximum Gasteiger partial charge on any atom is 0.319 e. The van der Waals surface area contributed by atoms with Gasteiger partial charge in [0.25, 0.3) is 0 Å². The van der Waals surface area contributed by atoms with Crippen molar-refractivity contribution < 1.29 is 14.6 Å². The Bertz CT molecular complexity index is 183. The summed E-state index contributed by atoms with van der Waals surface area (Å²) >= 11 is 0. The summed E-state index contributed by atoms with van der Waals surface area (Å²) in [5, 5.41) is 8.64. The lowest BCUT2D eigenvalue weighted by molar-refractivity contribution is -0.142. The van der Waals surface area contributed by atoms with E-state index in [1.165, 1.54) is 7.11 Å². The molecule has 0 unspecified atom stereocenters. The third kappa shape index (κ3) is 7.65. The minimum absolute atomic E-state index is 0.177. The molecule has 0 bridgehead atoms. The number of aliphatic hydroxyl groups is 1. The van der Waals surface area contributed by atoms with Gasteiger partial charge in [0.05, 0.1) is 13.7 Å². The fourth-order valence-corrected chi connectivity index (χ4v) is 1.53. The zero-order valence-corrected chi connectivity index (χ0v) is 10.7. The number of methoxy groups -OCH3 is 1. The summed E-state index contributed by atoms with van der Waals surface area (Å²) in [6.45, 7) is 5.72. The molecule has 1 N–H and O–H groups in total. The quantitative estimate of drug-likeness (QED) is 0.481. The smallest absolute Gasteiger partial charge is 0.319 e. The molecule has 0 aliphatic rings. The van der Waals surface area contributed by atoms with E-state index in [0.717, 1.165) is 32.2 Å². The SMILES string of the molecule is COC(=O)CN(CCCCCCO)C(C)C. The Morgan fingerprint density at radius 3 is 2.38 bits per heavy atom. The Balaban J connectivity index is 3.73. The molecule has 0 saturated carbocycles. The van der Waals surface area contributed by atoms with E-state index in [1.54, 1.807) is 0 Å². The molecule has 4 heteroatoms. The second kappa shape index (κ2) is 9.60. The van der Waals surface area contributed by atoms with Gasteiger partial charge in [0.15, 0.2) is 0 Å². The summed E-state index contributed by atoms with van der Waals surface area (Å²) in [6.07, 6.45) is 4.10. The number of unbranched alkanes of at least 4 members (excludes halogenated alkanes) is 3. The van der Waals surface area contributed by atoms with Gasteiger partial charge in [0.2, 0.25) is 0 Å². The van der Waals surface area contributed by atoms with Gasteiger partial charge >= 0.3 is 5.97 Å². The van der Waals surface area contributed by atoms with Crippen molar-refractivity contribution in [2.45, 2.75) is 45.6 Å². The topological polar surface area (TPSA) is 49.8 Å². The fourth-order valence-electron chi connectivity index (χ4n) is 1.53. The molecule has 4 nitrogen and oxygen atoms in total. The lowest BCUT2D eigenvalue weighted by atomic mass is 10.2. The van der Waals surface area contributed by atoms with Crippen LogP contribution in [0.25, 0.3) is 0 Å². The first kappa shape index (κ1) is 15.4. The molecule has 0 atom stereocenters. The number of rotatable bonds is 9. The normalized spacial score (nSPS) is 11.1. The van der Waals surface area contributed by atoms with E-state index < -0.39 is 0 Å². The third-order valence-electron chi connectivity index (χ3n) is 2.64. The summed E-state index contributed by atoms with van der Waals surface area (Å²) in [5.41, 5.74) is 0. The van der Waals surface area contributed by atoms with Gasteiger partial charge in [0.1, 0.15) is 0 Å². The van der Waals surface area contributed by atoms with E-state index >= 15 is 0 Å². The van der Waals surface area contributed by atoms with E-state index in [0.29, 0.717) is 12.6 Å². The Morgan fingerprint density at radius 1 is 1.25 bits per heavy atom. The molecule has 0 fully saturated rings. The van der Waals surface area contributed by atoms with Crippen LogP contribution in [0.1, 0.15) is 39.5 Å². The van der Waals surface area contributed by atoms with Crippen LogP contribution in [0.4, 0.5) is 0 Å². The zero-order chi connectivity index (χ0) is 12.4. The van der Waals surface area contributed by atoms with Gasteiger partial charge in [-0.3, -0.25) is 9.69 Å². The van der Waals surface area contributed by atoms with Crippen molar-refractivity contribution in [1.29, 1.82) is 0 Å². The maximum atomic E-state index is 11.2. The largest absolute Gasteiger partial charge is 0.468 e. The molecule has 0 radical (unpaired) electrons. The zero-order valence-electron chi connectivity index (χ0n) is 10.7. The number of hydrogen-bond acceptors (Lipinski definition) is 4. The number of nitrogens with zero attached hydrogens (tertiary/aromatic N) is 1. The van der Waals surface area contributed by atoms with Gasteiger partial charge in [0, 0.05) is 12.6 Å². The number of carbonyl (C=O) groups excluding carboxylic acids is 1. The minimum Gasteiger partial charge on any atom is -0.468 e. The Kier molecular flexibility index (Phi) is 9.24. The summed E-state index contributed by atoms with van der Waals surface area (Å²) in [5.74, 6) is -0.177. The van der Waals surface area contributed by atoms with Crippen molar-refractivity contribution in [3.8, 4) is 0 Å². The molecule has 0 aromatic carbocycles. The fraction of sp³-hybridized carbons (Fsp3) is 0.917. The molecule has 96 valence electrons. The van der Waals surface area contributed by atoms with Crippen LogP contribution in [0.3, 0.4) is 0 Å². The van der Waals surface area contributed by atoms with Crippen LogP contribution in [0.15, 0.2) is 0 Å². The van der Waals surface area contributed by atoms with Gasteiger partial charge in [-0.1, -0.05) is 12.8 Å². The van der Waals surface area contributed by atoms with Gasteiger partial charge in [-0.05, 0) is 33.2 Å². The predicted molar refractivity (Wildman–Crippen MR) is 64.3 cm³/mol. The van der Waals surface area contributed by atoms with Crippen molar-refractivity contribution in [1.82, 2.24) is 4.90 Å². The second-order valence-corrected chi connectivity index (χ2v) is 4.28. The van der Waals surface area contributed by atoms with Gasteiger partial charge in [-0.25, -0.2) is 0 Å². The number of esters is 1. The summed E-state index contributed by atoms with van der Waals surface area (Å²) in [7, 11) is 1.42. The molecule has 0 heterocycles. The molecule has 16 heavy (non-hydrogen) atoms. The summed E-state index contributed by atoms with van der Waals surface area (Å²) in [6, 6.07) is 0.358. The predicted octanol–water partition coefficient (Wildman–Crippen LogP) is 1.42. The van der Waals surface area contributed by atoms with Crippen molar-refractivity contribution in [3.63, 3.8) is 0 Å². The van der Waals surface area contributed by atoms with Crippen LogP contribution >= 0.6 is 0 Å². The molecule has 0 aromatic heterocycles. The monoisotopic (exact) mass is 231 g/mol. The van der Waals surface area contributed by atoms with E-state index in [1.807, 2.05) is 0 Å². The first-order valence-electron chi connectivity index (χ1n) is 6.03. The highest BCUT2D eigenvalue weighted by atomic mass is 16.5. The van der Waals surface area contributed by atoms with Gasteiger partial charge in [-0.2, -0.15) is 0 Å². The maximum absolute atomic E-state index is 11.2. The van der Waals surface area contributed by atoms with E-state index in [-0.39, 0.29) is 12.6 Å². The molecule has 0 aliphatic carbocycles. The van der Waals surface area contributed by atoms with E-state index in [9.17, 15) is 4.79 Å². The first-order chi connectivity index (χ1) is 7.61. The highest BCUT2D eigenvalue weighted by molar-refractivity contribution is 5.71. The summed E-state index contributed by atoms with van der Waals surface area (Å²) in [4.78, 5) is 13.3. The minimum atomic E-state index is -0.177. The van der Waals surface area contributed by atoms with Crippen LogP contribution in [-0.4, -0.2) is 48.8 Å². The molecule has 0 aliphatic heterocycles. The van der Waals surface area contributed by atoms with Crippen LogP contribution in [-0.2, 0) is 9.53 Å². The Morgan fingerprint density at radius 2 is 1.88 bits per heavy atom. The van der Waals surface area contributed by atoms with Crippen LogP contribution in [0, 0.1) is 0 Å². The van der Waals surface area contributed by atoms with Crippen molar-refractivity contribution in [2.75, 3.05) is 26.8 Å². The Labute approximate surface area is 98.6 Å². The lowest BCUT2D eigenvalue weighted by Gasteiger charge is -2.24. The molecule has 0 aromatic rings. The highest BCUT2D eigenvalue weighted by Gasteiger charge is 2.13. The number of hydrogen-bond donors (Lipinski definition) is 1. The van der Waals surface area contributed by atoms with Crippen molar-refractivity contribution in [3.05, 3.63) is 0 Å². The van der Waals surface area contributed by atoms with Crippen LogP contribution < -0.4 is 0 Å². The average molecular weight is 231 g/mol. The van der Waals surface area contributed by atoms with Crippen LogP contribution in [0.5, 0.6) is 0 Å². The van der Waals surface area contributed by atoms with Crippen LogP contribution in [0.2, 0.25) is 0 Å². The van der Waals surface area contributed by atoms with Gasteiger partial charge < -0.3 is 9.84 Å². The first-order valence-corrected chi connectivity index (χ1v) is 6.03. The lowest BCUT2D eigenvalue weighted by Crippen LogP contribution is -2.36. The molecule has 0 amide bonds. The molecular formula is C12H25NO3. The van der Waals surface area contributed by atoms with Crippen molar-refractivity contribution in [2.24, 2.45) is 0 Å². The average Bonchev–Trinajstić information content (AvgIpc) is 2.26. The Hall–Kier alpha value is -0.610. The summed E-state index contributed by atoms with van der Waals surface area (Å²) < 4.78 is 4.66. The third-order valence-corrected chi connectivity index (χ3v) is 2.64. The molecule has 0 rings (SSSR count). The molecular weight excluding hydrogens is 206 g/mol. The second-order valence-electron chi connectivity index (χ2n) is 4.28. The van der Waals surface area contributed by atoms with Crippen molar-refractivity contribution >= 4 is 5.97 Å². The standard InChI is InChI=1S/C12H25NO3/c1-11(2)13(10-12(15)16-3)8-6-4-5-7-9-14/h11,14H,4-10H2,1-3H3.